The zero-order valence-electron chi connectivity index (χ0n) is 3.64. The molecule has 1 heterocycles. The molecule has 1 rings (SSSR count). The van der Waals surface area contributed by atoms with Crippen LogP contribution in [0.1, 0.15) is 6.92 Å². The molecule has 6 heavy (non-hydrogen) atoms. The van der Waals surface area contributed by atoms with Gasteiger partial charge in [0, 0.05) is 6.20 Å². The summed E-state index contributed by atoms with van der Waals surface area (Å²) in [5, 5.41) is 5.76. The highest BCUT2D eigenvalue weighted by atomic mass is 32.2. The highest BCUT2D eigenvalue weighted by Crippen LogP contribution is 2.12. The molecule has 0 amide bonds. The molecular weight excluding hydrogens is 94.1 g/mol. The van der Waals surface area contributed by atoms with E-state index in [2.05, 4.69) is 17.6 Å². The summed E-state index contributed by atoms with van der Waals surface area (Å²) < 4.78 is 0. The molecule has 2 heteroatoms. The molecule has 0 aromatic carbocycles. The summed E-state index contributed by atoms with van der Waals surface area (Å²) in [5.74, 6) is 0. The molecular formula is C4H7NS. The molecule has 0 aliphatic carbocycles. The third-order valence-electron chi connectivity index (χ3n) is 0.682. The van der Waals surface area contributed by atoms with Crippen LogP contribution in [0.3, 0.4) is 0 Å². The molecule has 0 spiro atoms. The second-order valence-electron chi connectivity index (χ2n) is 1.25. The molecule has 34 valence electrons. The van der Waals surface area contributed by atoms with Crippen LogP contribution in [0.5, 0.6) is 0 Å². The summed E-state index contributed by atoms with van der Waals surface area (Å²) in [6, 6.07) is 0. The maximum absolute atomic E-state index is 3.10. The van der Waals surface area contributed by atoms with E-state index in [0.717, 1.165) is 0 Å². The predicted molar refractivity (Wildman–Crippen MR) is 29.3 cm³/mol. The largest absolute Gasteiger partial charge is 0.379 e. The van der Waals surface area contributed by atoms with E-state index in [1.807, 2.05) is 6.20 Å². The van der Waals surface area contributed by atoms with E-state index in [1.54, 1.807) is 11.8 Å². The highest BCUT2D eigenvalue weighted by Gasteiger charge is 1.98. The van der Waals surface area contributed by atoms with Crippen LogP contribution >= 0.6 is 11.8 Å². The van der Waals surface area contributed by atoms with Crippen molar-refractivity contribution in [3.63, 3.8) is 0 Å². The Labute approximate surface area is 41.8 Å². The van der Waals surface area contributed by atoms with Gasteiger partial charge in [0.1, 0.15) is 0 Å². The molecule has 1 aliphatic heterocycles. The number of nitrogens with one attached hydrogen (secondary N) is 1. The lowest BCUT2D eigenvalue weighted by atomic mass is 10.7. The van der Waals surface area contributed by atoms with E-state index in [-0.39, 0.29) is 0 Å². The van der Waals surface area contributed by atoms with E-state index >= 15 is 0 Å². The number of rotatable bonds is 0. The molecule has 0 aromatic rings. The van der Waals surface area contributed by atoms with Gasteiger partial charge in [-0.25, -0.2) is 0 Å². The van der Waals surface area contributed by atoms with E-state index in [1.165, 1.54) is 0 Å². The lowest BCUT2D eigenvalue weighted by Crippen LogP contribution is -2.09. The zero-order valence-corrected chi connectivity index (χ0v) is 4.46. The van der Waals surface area contributed by atoms with Crippen LogP contribution in [0.2, 0.25) is 0 Å². The Bertz CT molecular complexity index is 61.9. The van der Waals surface area contributed by atoms with Gasteiger partial charge >= 0.3 is 0 Å². The summed E-state index contributed by atoms with van der Waals surface area (Å²) in [4.78, 5) is 0. The van der Waals surface area contributed by atoms with Gasteiger partial charge in [-0.2, -0.15) is 0 Å². The summed E-state index contributed by atoms with van der Waals surface area (Å²) in [6.45, 7) is 2.13. The van der Waals surface area contributed by atoms with Crippen molar-refractivity contribution in [2.45, 2.75) is 12.3 Å². The van der Waals surface area contributed by atoms with Crippen molar-refractivity contribution < 1.29 is 0 Å². The van der Waals surface area contributed by atoms with Crippen LogP contribution in [-0.2, 0) is 0 Å². The number of hydrogen-bond acceptors (Lipinski definition) is 2. The molecule has 0 radical (unpaired) electrons. The van der Waals surface area contributed by atoms with Gasteiger partial charge in [0.15, 0.2) is 0 Å². The molecule has 0 saturated heterocycles. The minimum atomic E-state index is 0.602. The molecule has 0 fully saturated rings. The Kier molecular flexibility index (Phi) is 1.05. The third kappa shape index (κ3) is 0.684. The molecule has 0 saturated carbocycles. The maximum atomic E-state index is 3.10. The van der Waals surface area contributed by atoms with Crippen molar-refractivity contribution in [2.75, 3.05) is 0 Å². The first-order chi connectivity index (χ1) is 2.89. The number of thioether (sulfide) groups is 1. The smallest absolute Gasteiger partial charge is 0.0730 e. The molecule has 1 N–H and O–H groups in total. The third-order valence-corrected chi connectivity index (χ3v) is 1.52. The molecule has 1 nitrogen and oxygen atoms in total. The van der Waals surface area contributed by atoms with Crippen molar-refractivity contribution in [3.8, 4) is 0 Å². The van der Waals surface area contributed by atoms with Gasteiger partial charge in [-0.3, -0.25) is 0 Å². The van der Waals surface area contributed by atoms with Crippen LogP contribution in [0.4, 0.5) is 0 Å². The fraction of sp³-hybridized carbons (Fsp3) is 0.500. The lowest BCUT2D eigenvalue weighted by molar-refractivity contribution is 0.874. The number of hydrogen-bond donors (Lipinski definition) is 1. The van der Waals surface area contributed by atoms with Crippen LogP contribution in [0, 0.1) is 0 Å². The molecule has 0 aromatic heterocycles. The van der Waals surface area contributed by atoms with Crippen molar-refractivity contribution in [2.24, 2.45) is 0 Å². The first kappa shape index (κ1) is 4.06. The monoisotopic (exact) mass is 101 g/mol. The Balaban J connectivity index is 2.32. The van der Waals surface area contributed by atoms with Crippen molar-refractivity contribution >= 4 is 11.8 Å². The van der Waals surface area contributed by atoms with E-state index in [0.29, 0.717) is 5.37 Å². The van der Waals surface area contributed by atoms with Crippen LogP contribution in [-0.4, -0.2) is 5.37 Å². The van der Waals surface area contributed by atoms with Gasteiger partial charge in [0.25, 0.3) is 0 Å². The first-order valence-electron chi connectivity index (χ1n) is 1.96. The molecule has 0 unspecified atom stereocenters. The Hall–Kier alpha value is -0.110. The normalized spacial score (nSPS) is 30.5. The van der Waals surface area contributed by atoms with Crippen molar-refractivity contribution in [3.05, 3.63) is 11.6 Å². The Morgan fingerprint density at radius 3 is 2.83 bits per heavy atom. The van der Waals surface area contributed by atoms with Gasteiger partial charge < -0.3 is 5.32 Å². The topological polar surface area (TPSA) is 12.0 Å². The zero-order chi connectivity index (χ0) is 4.41. The maximum Gasteiger partial charge on any atom is 0.0730 e. The quantitative estimate of drug-likeness (QED) is 0.491. The second-order valence-corrected chi connectivity index (χ2v) is 2.50. The fourth-order valence-corrected chi connectivity index (χ4v) is 0.921. The van der Waals surface area contributed by atoms with Crippen molar-refractivity contribution in [1.29, 1.82) is 0 Å². The van der Waals surface area contributed by atoms with Crippen molar-refractivity contribution in [1.82, 2.24) is 5.32 Å². The second kappa shape index (κ2) is 1.56. The van der Waals surface area contributed by atoms with Crippen LogP contribution in [0.15, 0.2) is 11.6 Å². The molecule has 0 bridgehead atoms. The fourth-order valence-electron chi connectivity index (χ4n) is 0.371. The lowest BCUT2D eigenvalue weighted by Gasteiger charge is -1.96. The van der Waals surface area contributed by atoms with Gasteiger partial charge in [0.05, 0.1) is 5.37 Å². The van der Waals surface area contributed by atoms with Gasteiger partial charge in [-0.1, -0.05) is 0 Å². The Morgan fingerprint density at radius 1 is 1.83 bits per heavy atom. The van der Waals surface area contributed by atoms with Crippen LogP contribution in [0.25, 0.3) is 0 Å². The average Bonchev–Trinajstić information content (AvgIpc) is 1.86. The highest BCUT2D eigenvalue weighted by molar-refractivity contribution is 8.02. The van der Waals surface area contributed by atoms with Crippen LogP contribution < -0.4 is 5.32 Å². The minimum Gasteiger partial charge on any atom is -0.379 e. The van der Waals surface area contributed by atoms with Gasteiger partial charge in [-0.15, -0.1) is 11.8 Å². The van der Waals surface area contributed by atoms with E-state index < -0.39 is 0 Å². The minimum absolute atomic E-state index is 0.602. The van der Waals surface area contributed by atoms with E-state index in [4.69, 9.17) is 0 Å². The molecule has 1 atom stereocenters. The van der Waals surface area contributed by atoms with Gasteiger partial charge in [-0.05, 0) is 12.3 Å². The Morgan fingerprint density at radius 2 is 2.67 bits per heavy atom. The van der Waals surface area contributed by atoms with Gasteiger partial charge in [0.2, 0.25) is 0 Å². The summed E-state index contributed by atoms with van der Waals surface area (Å²) in [6.07, 6.45) is 1.97. The molecule has 1 aliphatic rings. The van der Waals surface area contributed by atoms with E-state index in [9.17, 15) is 0 Å². The average molecular weight is 101 g/mol. The predicted octanol–water partition coefficient (Wildman–Crippen LogP) is 1.14. The summed E-state index contributed by atoms with van der Waals surface area (Å²) in [7, 11) is 0. The summed E-state index contributed by atoms with van der Waals surface area (Å²) in [5.41, 5.74) is 0. The first-order valence-corrected chi connectivity index (χ1v) is 2.90. The SMILES string of the molecule is C[C@H]1NC=CS1. The summed E-state index contributed by atoms with van der Waals surface area (Å²) >= 11 is 1.81. The standard InChI is InChI=1S/C4H7NS/c1-4-5-2-3-6-4/h2-5H,1H3/t4-/m0/s1.